The average Bonchev–Trinajstić information content (AvgIpc) is 2.94. The van der Waals surface area contributed by atoms with Crippen molar-refractivity contribution in [1.29, 1.82) is 0 Å². The highest BCUT2D eigenvalue weighted by atomic mass is 16.7. The number of nitrogens with one attached hydrogen (secondary N) is 1. The highest BCUT2D eigenvalue weighted by Gasteiger charge is 2.51. The van der Waals surface area contributed by atoms with Gasteiger partial charge in [-0.15, -0.1) is 0 Å². The van der Waals surface area contributed by atoms with Crippen LogP contribution in [0.15, 0.2) is 30.3 Å². The zero-order valence-corrected chi connectivity index (χ0v) is 23.0. The Morgan fingerprint density at radius 2 is 1.65 bits per heavy atom. The van der Waals surface area contributed by atoms with E-state index in [4.69, 9.17) is 9.31 Å². The van der Waals surface area contributed by atoms with E-state index in [2.05, 4.69) is 96.9 Å². The van der Waals surface area contributed by atoms with E-state index >= 15 is 0 Å². The fraction of sp³-hybridized carbons (Fsp3) is 0.750. The molecule has 1 aromatic rings. The maximum Gasteiger partial charge on any atom is 0.457 e. The van der Waals surface area contributed by atoms with Crippen LogP contribution in [0.3, 0.4) is 0 Å². The molecule has 3 rings (SSSR count). The van der Waals surface area contributed by atoms with Crippen LogP contribution in [0.5, 0.6) is 0 Å². The van der Waals surface area contributed by atoms with Crippen LogP contribution in [0.2, 0.25) is 6.32 Å². The van der Waals surface area contributed by atoms with Gasteiger partial charge in [0.25, 0.3) is 0 Å². The van der Waals surface area contributed by atoms with Gasteiger partial charge in [0.15, 0.2) is 0 Å². The molecule has 1 aliphatic carbocycles. The third kappa shape index (κ3) is 6.18. The molecule has 1 saturated carbocycles. The van der Waals surface area contributed by atoms with Crippen molar-refractivity contribution in [3.05, 3.63) is 30.3 Å². The number of nitrogens with zero attached hydrogens (tertiary/aromatic N) is 1. The Kier molecular flexibility index (Phi) is 7.84. The van der Waals surface area contributed by atoms with E-state index in [9.17, 15) is 4.79 Å². The molecule has 0 bridgehead atoms. The molecule has 190 valence electrons. The molecule has 0 radical (unpaired) electrons. The lowest BCUT2D eigenvalue weighted by Crippen LogP contribution is -2.54. The number of carbonyl (C=O) groups excluding carboxylic acids is 1. The van der Waals surface area contributed by atoms with Crippen molar-refractivity contribution in [3.8, 4) is 0 Å². The Morgan fingerprint density at radius 3 is 2.21 bits per heavy atom. The predicted molar refractivity (Wildman–Crippen MR) is 142 cm³/mol. The molecule has 3 atom stereocenters. The van der Waals surface area contributed by atoms with E-state index in [0.29, 0.717) is 11.8 Å². The van der Waals surface area contributed by atoms with E-state index in [1.165, 1.54) is 5.69 Å². The second-order valence-electron chi connectivity index (χ2n) is 12.9. The number of amides is 1. The van der Waals surface area contributed by atoms with Crippen molar-refractivity contribution in [2.45, 2.75) is 104 Å². The topological polar surface area (TPSA) is 50.8 Å². The molecule has 1 amide bonds. The lowest BCUT2D eigenvalue weighted by atomic mass is 9.61. The van der Waals surface area contributed by atoms with Gasteiger partial charge in [-0.25, -0.2) is 0 Å². The van der Waals surface area contributed by atoms with Gasteiger partial charge in [0, 0.05) is 24.8 Å². The zero-order valence-electron chi connectivity index (χ0n) is 23.0. The minimum Gasteiger partial charge on any atom is -0.403 e. The summed E-state index contributed by atoms with van der Waals surface area (Å²) in [6.07, 6.45) is 5.01. The summed E-state index contributed by atoms with van der Waals surface area (Å²) in [6.45, 7) is 17.7. The fourth-order valence-electron chi connectivity index (χ4n) is 5.50. The van der Waals surface area contributed by atoms with Gasteiger partial charge in [0.05, 0.1) is 16.6 Å². The number of hydrogen-bond donors (Lipinski definition) is 1. The van der Waals surface area contributed by atoms with Crippen LogP contribution < -0.4 is 10.2 Å². The normalized spacial score (nSPS) is 28.6. The van der Waals surface area contributed by atoms with Gasteiger partial charge in [-0.2, -0.15) is 0 Å². The smallest absolute Gasteiger partial charge is 0.403 e. The molecule has 2 fully saturated rings. The van der Waals surface area contributed by atoms with Crippen LogP contribution in [0.4, 0.5) is 5.69 Å². The van der Waals surface area contributed by atoms with Crippen LogP contribution in [-0.4, -0.2) is 43.4 Å². The van der Waals surface area contributed by atoms with Gasteiger partial charge in [0.1, 0.15) is 0 Å². The first-order valence-corrected chi connectivity index (χ1v) is 13.1. The number of para-hydroxylation sites is 1. The lowest BCUT2D eigenvalue weighted by Gasteiger charge is -2.46. The van der Waals surface area contributed by atoms with Gasteiger partial charge in [0.2, 0.25) is 5.91 Å². The summed E-state index contributed by atoms with van der Waals surface area (Å²) in [5, 5.41) is 3.30. The number of carbonyl (C=O) groups is 1. The fourth-order valence-corrected chi connectivity index (χ4v) is 5.50. The van der Waals surface area contributed by atoms with E-state index < -0.39 is 5.41 Å². The van der Waals surface area contributed by atoms with Crippen molar-refractivity contribution in [3.63, 3.8) is 0 Å². The van der Waals surface area contributed by atoms with Crippen molar-refractivity contribution < 1.29 is 14.1 Å². The second kappa shape index (κ2) is 9.85. The van der Waals surface area contributed by atoms with Crippen molar-refractivity contribution in [1.82, 2.24) is 5.32 Å². The standard InChI is InChI=1S/C28H47BN2O3/c1-25(2,3)30-24(32)28(8)19-21(17-18-29-33-26(4,5)27(6,7)34-29)15-16-22(28)20-31(9)23-13-11-10-12-14-23/h10-14,21-22H,15-20H2,1-9H3,(H,30,32)/t21-,22-,28-/m0/s1. The Hall–Kier alpha value is -1.53. The number of anilines is 1. The molecule has 0 unspecified atom stereocenters. The maximum absolute atomic E-state index is 13.7. The van der Waals surface area contributed by atoms with Crippen LogP contribution in [0.25, 0.3) is 0 Å². The molecule has 2 aliphatic rings. The first-order chi connectivity index (χ1) is 15.6. The molecule has 1 N–H and O–H groups in total. The number of rotatable bonds is 7. The monoisotopic (exact) mass is 470 g/mol. The van der Waals surface area contributed by atoms with Crippen LogP contribution in [0, 0.1) is 17.3 Å². The quantitative estimate of drug-likeness (QED) is 0.501. The third-order valence-corrected chi connectivity index (χ3v) is 8.35. The van der Waals surface area contributed by atoms with Gasteiger partial charge in [-0.3, -0.25) is 4.79 Å². The zero-order chi connectivity index (χ0) is 25.4. The van der Waals surface area contributed by atoms with Crippen LogP contribution >= 0.6 is 0 Å². The molecule has 1 aromatic carbocycles. The molecule has 1 aliphatic heterocycles. The molecular formula is C28H47BN2O3. The van der Waals surface area contributed by atoms with Gasteiger partial charge in [-0.05, 0) is 91.6 Å². The minimum absolute atomic E-state index is 0.165. The summed E-state index contributed by atoms with van der Waals surface area (Å²) in [5.41, 5.74) is -0.0403. The van der Waals surface area contributed by atoms with E-state index in [0.717, 1.165) is 38.5 Å². The molecule has 0 spiro atoms. The molecule has 0 aromatic heterocycles. The Bertz CT molecular complexity index is 820. The second-order valence-corrected chi connectivity index (χ2v) is 12.9. The minimum atomic E-state index is -0.408. The van der Waals surface area contributed by atoms with E-state index in [1.807, 2.05) is 6.07 Å². The maximum atomic E-state index is 13.7. The summed E-state index contributed by atoms with van der Waals surface area (Å²) in [7, 11) is 1.98. The summed E-state index contributed by atoms with van der Waals surface area (Å²) >= 11 is 0. The van der Waals surface area contributed by atoms with Crippen molar-refractivity contribution in [2.75, 3.05) is 18.5 Å². The van der Waals surface area contributed by atoms with E-state index in [-0.39, 0.29) is 29.8 Å². The van der Waals surface area contributed by atoms with Crippen molar-refractivity contribution >= 4 is 18.7 Å². The van der Waals surface area contributed by atoms with E-state index in [1.54, 1.807) is 0 Å². The summed E-state index contributed by atoms with van der Waals surface area (Å²) < 4.78 is 12.5. The Balaban J connectivity index is 1.70. The first kappa shape index (κ1) is 27.1. The van der Waals surface area contributed by atoms with Gasteiger partial charge >= 0.3 is 7.12 Å². The predicted octanol–water partition coefficient (Wildman–Crippen LogP) is 5.94. The SMILES string of the molecule is CN(C[C@@H]1CC[C@@H](CCB2OC(C)(C)C(C)(C)O2)C[C@]1(C)C(=O)NC(C)(C)C)c1ccccc1. The molecular weight excluding hydrogens is 423 g/mol. The molecule has 1 heterocycles. The molecule has 6 heteroatoms. The van der Waals surface area contributed by atoms with Crippen LogP contribution in [0.1, 0.15) is 81.1 Å². The average molecular weight is 471 g/mol. The van der Waals surface area contributed by atoms with Gasteiger partial charge < -0.3 is 19.5 Å². The summed E-state index contributed by atoms with van der Waals surface area (Å²) in [6, 6.07) is 10.5. The molecule has 5 nitrogen and oxygen atoms in total. The molecule has 1 saturated heterocycles. The van der Waals surface area contributed by atoms with Crippen molar-refractivity contribution in [2.24, 2.45) is 17.3 Å². The van der Waals surface area contributed by atoms with Gasteiger partial charge in [-0.1, -0.05) is 38.0 Å². The summed E-state index contributed by atoms with van der Waals surface area (Å²) in [5.74, 6) is 0.980. The van der Waals surface area contributed by atoms with Crippen LogP contribution in [-0.2, 0) is 14.1 Å². The largest absolute Gasteiger partial charge is 0.457 e. The molecule has 34 heavy (non-hydrogen) atoms. The number of hydrogen-bond acceptors (Lipinski definition) is 4. The Morgan fingerprint density at radius 1 is 1.06 bits per heavy atom. The summed E-state index contributed by atoms with van der Waals surface area (Å²) in [4.78, 5) is 16.0. The highest BCUT2D eigenvalue weighted by Crippen LogP contribution is 2.47. The lowest BCUT2D eigenvalue weighted by molar-refractivity contribution is -0.138. The highest BCUT2D eigenvalue weighted by molar-refractivity contribution is 6.45. The third-order valence-electron chi connectivity index (χ3n) is 8.35. The Labute approximate surface area is 208 Å². The first-order valence-electron chi connectivity index (χ1n) is 13.1. The number of benzene rings is 1.